The van der Waals surface area contributed by atoms with Crippen molar-refractivity contribution in [1.82, 2.24) is 9.55 Å². The summed E-state index contributed by atoms with van der Waals surface area (Å²) in [5.41, 5.74) is 0.939. The minimum absolute atomic E-state index is 0.0353. The lowest BCUT2D eigenvalue weighted by Crippen LogP contribution is -2.48. The molecule has 1 aromatic heterocycles. The quantitative estimate of drug-likeness (QED) is 0.640. The van der Waals surface area contributed by atoms with Gasteiger partial charge >= 0.3 is 6.18 Å². The van der Waals surface area contributed by atoms with Crippen molar-refractivity contribution < 1.29 is 17.6 Å². The summed E-state index contributed by atoms with van der Waals surface area (Å²) in [4.78, 5) is 3.83. The fourth-order valence-corrected chi connectivity index (χ4v) is 4.43. The number of imidazole rings is 1. The Labute approximate surface area is 147 Å². The number of halogens is 3. The standard InChI is InChI=1S/C18H25F3N2OSi/c1-17(2,3)25(4,5)24-13-10-12(11-13)23-15-9-7-6-8-14(15)22-16(23)18(19,20)21/h6-9,12-13H,10-11H2,1-5H3. The molecule has 1 aliphatic carbocycles. The number of para-hydroxylation sites is 2. The normalized spacial score (nSPS) is 22.2. The minimum Gasteiger partial charge on any atom is -0.414 e. The van der Waals surface area contributed by atoms with Gasteiger partial charge in [0.2, 0.25) is 5.82 Å². The highest BCUT2D eigenvalue weighted by Gasteiger charge is 2.45. The summed E-state index contributed by atoms with van der Waals surface area (Å²) in [5.74, 6) is -0.801. The Morgan fingerprint density at radius 3 is 2.28 bits per heavy atom. The predicted octanol–water partition coefficient (Wildman–Crippen LogP) is 5.78. The van der Waals surface area contributed by atoms with E-state index in [2.05, 4.69) is 38.8 Å². The van der Waals surface area contributed by atoms with Crippen LogP contribution in [-0.2, 0) is 10.6 Å². The maximum absolute atomic E-state index is 13.4. The van der Waals surface area contributed by atoms with E-state index in [-0.39, 0.29) is 17.2 Å². The summed E-state index contributed by atoms with van der Waals surface area (Å²) in [6.07, 6.45) is -3.20. The lowest BCUT2D eigenvalue weighted by molar-refractivity contribution is -0.149. The molecular formula is C18H25F3N2OSi. The van der Waals surface area contributed by atoms with Crippen molar-refractivity contribution in [2.24, 2.45) is 0 Å². The second-order valence-corrected chi connectivity index (χ2v) is 13.2. The van der Waals surface area contributed by atoms with E-state index in [4.69, 9.17) is 4.43 Å². The zero-order chi connectivity index (χ0) is 18.6. The second kappa shape index (κ2) is 5.84. The predicted molar refractivity (Wildman–Crippen MR) is 95.1 cm³/mol. The van der Waals surface area contributed by atoms with Gasteiger partial charge in [0.25, 0.3) is 0 Å². The number of aromatic nitrogens is 2. The Bertz CT molecular complexity index is 771. The van der Waals surface area contributed by atoms with E-state index in [1.165, 1.54) is 4.57 Å². The summed E-state index contributed by atoms with van der Waals surface area (Å²) in [5, 5.41) is 0.0942. The number of rotatable bonds is 3. The molecule has 1 fully saturated rings. The van der Waals surface area contributed by atoms with Crippen LogP contribution in [0.4, 0.5) is 13.2 Å². The molecule has 0 bridgehead atoms. The molecule has 2 aromatic rings. The lowest BCUT2D eigenvalue weighted by atomic mass is 9.89. The van der Waals surface area contributed by atoms with Gasteiger partial charge in [0.1, 0.15) is 0 Å². The Morgan fingerprint density at radius 1 is 1.12 bits per heavy atom. The molecule has 7 heteroatoms. The van der Waals surface area contributed by atoms with E-state index in [1.807, 2.05) is 0 Å². The molecule has 0 amide bonds. The number of benzene rings is 1. The highest BCUT2D eigenvalue weighted by atomic mass is 28.4. The molecule has 0 spiro atoms. The zero-order valence-corrected chi connectivity index (χ0v) is 16.3. The first-order valence-electron chi connectivity index (χ1n) is 8.62. The summed E-state index contributed by atoms with van der Waals surface area (Å²) < 4.78 is 48.0. The molecule has 1 aromatic carbocycles. The van der Waals surface area contributed by atoms with Crippen LogP contribution < -0.4 is 0 Å². The summed E-state index contributed by atoms with van der Waals surface area (Å²) in [7, 11) is -1.90. The van der Waals surface area contributed by atoms with E-state index in [0.717, 1.165) is 0 Å². The highest BCUT2D eigenvalue weighted by Crippen LogP contribution is 2.45. The van der Waals surface area contributed by atoms with Crippen molar-refractivity contribution in [2.75, 3.05) is 0 Å². The van der Waals surface area contributed by atoms with Gasteiger partial charge in [-0.05, 0) is 43.1 Å². The maximum atomic E-state index is 13.4. The van der Waals surface area contributed by atoms with Gasteiger partial charge in [-0.3, -0.25) is 0 Å². The Kier molecular flexibility index (Phi) is 4.31. The van der Waals surface area contributed by atoms with Crippen molar-refractivity contribution in [3.63, 3.8) is 0 Å². The van der Waals surface area contributed by atoms with Gasteiger partial charge in [-0.15, -0.1) is 0 Å². The van der Waals surface area contributed by atoms with Crippen LogP contribution in [0.2, 0.25) is 18.1 Å². The van der Waals surface area contributed by atoms with Crippen LogP contribution in [0.3, 0.4) is 0 Å². The topological polar surface area (TPSA) is 27.1 Å². The van der Waals surface area contributed by atoms with E-state index < -0.39 is 20.3 Å². The highest BCUT2D eigenvalue weighted by molar-refractivity contribution is 6.74. The number of alkyl halides is 3. The molecule has 0 atom stereocenters. The number of hydrogen-bond donors (Lipinski definition) is 0. The molecule has 0 N–H and O–H groups in total. The van der Waals surface area contributed by atoms with E-state index >= 15 is 0 Å². The molecule has 1 aliphatic rings. The molecule has 0 radical (unpaired) electrons. The molecule has 1 heterocycles. The van der Waals surface area contributed by atoms with Gasteiger partial charge in [-0.2, -0.15) is 13.2 Å². The molecule has 138 valence electrons. The molecule has 25 heavy (non-hydrogen) atoms. The van der Waals surface area contributed by atoms with Crippen LogP contribution >= 0.6 is 0 Å². The number of hydrogen-bond acceptors (Lipinski definition) is 2. The first-order valence-corrected chi connectivity index (χ1v) is 11.5. The van der Waals surface area contributed by atoms with Crippen molar-refractivity contribution >= 4 is 19.4 Å². The van der Waals surface area contributed by atoms with Gasteiger partial charge in [0, 0.05) is 12.1 Å². The molecule has 3 rings (SSSR count). The van der Waals surface area contributed by atoms with Crippen LogP contribution in [0.15, 0.2) is 24.3 Å². The second-order valence-electron chi connectivity index (χ2n) is 8.42. The van der Waals surface area contributed by atoms with Crippen LogP contribution in [-0.4, -0.2) is 24.0 Å². The molecule has 3 nitrogen and oxygen atoms in total. The molecular weight excluding hydrogens is 345 g/mol. The SMILES string of the molecule is CC(C)(C)[Si](C)(C)OC1CC(n2c(C(F)(F)F)nc3ccccc32)C1. The van der Waals surface area contributed by atoms with Crippen molar-refractivity contribution in [3.8, 4) is 0 Å². The Morgan fingerprint density at radius 2 is 1.72 bits per heavy atom. The summed E-state index contributed by atoms with van der Waals surface area (Å²) in [6, 6.07) is 6.59. The third-order valence-electron chi connectivity index (χ3n) is 5.55. The van der Waals surface area contributed by atoms with Crippen LogP contribution in [0.1, 0.15) is 45.5 Å². The largest absolute Gasteiger partial charge is 0.449 e. The monoisotopic (exact) mass is 370 g/mol. The Balaban J connectivity index is 1.83. The van der Waals surface area contributed by atoms with Gasteiger partial charge in [0.05, 0.1) is 11.0 Å². The molecule has 0 saturated heterocycles. The van der Waals surface area contributed by atoms with Gasteiger partial charge in [-0.1, -0.05) is 32.9 Å². The van der Waals surface area contributed by atoms with E-state index in [0.29, 0.717) is 23.9 Å². The third kappa shape index (κ3) is 3.36. The van der Waals surface area contributed by atoms with Crippen LogP contribution in [0, 0.1) is 0 Å². The van der Waals surface area contributed by atoms with E-state index in [1.54, 1.807) is 24.3 Å². The van der Waals surface area contributed by atoms with Gasteiger partial charge in [0.15, 0.2) is 8.32 Å². The van der Waals surface area contributed by atoms with E-state index in [9.17, 15) is 13.2 Å². The molecule has 0 aliphatic heterocycles. The van der Waals surface area contributed by atoms with Crippen LogP contribution in [0.5, 0.6) is 0 Å². The third-order valence-corrected chi connectivity index (χ3v) is 10.1. The summed E-state index contributed by atoms with van der Waals surface area (Å²) >= 11 is 0. The number of fused-ring (bicyclic) bond motifs is 1. The smallest absolute Gasteiger partial charge is 0.414 e. The maximum Gasteiger partial charge on any atom is 0.449 e. The van der Waals surface area contributed by atoms with Crippen molar-refractivity contribution in [3.05, 3.63) is 30.1 Å². The average molecular weight is 370 g/mol. The zero-order valence-electron chi connectivity index (χ0n) is 15.3. The average Bonchev–Trinajstić information content (AvgIpc) is 2.80. The fourth-order valence-electron chi connectivity index (χ4n) is 3.05. The minimum atomic E-state index is -4.45. The first-order chi connectivity index (χ1) is 11.4. The van der Waals surface area contributed by atoms with Crippen molar-refractivity contribution in [1.29, 1.82) is 0 Å². The number of nitrogens with zero attached hydrogens (tertiary/aromatic N) is 2. The Hall–Kier alpha value is -1.34. The first kappa shape index (κ1) is 18.4. The van der Waals surface area contributed by atoms with Crippen molar-refractivity contribution in [2.45, 2.75) is 70.1 Å². The molecule has 0 unspecified atom stereocenters. The fraction of sp³-hybridized carbons (Fsp3) is 0.611. The summed E-state index contributed by atoms with van der Waals surface area (Å²) in [6.45, 7) is 10.9. The van der Waals surface area contributed by atoms with Crippen LogP contribution in [0.25, 0.3) is 11.0 Å². The van der Waals surface area contributed by atoms with Gasteiger partial charge in [-0.25, -0.2) is 4.98 Å². The lowest BCUT2D eigenvalue weighted by Gasteiger charge is -2.45. The molecule has 1 saturated carbocycles. The van der Waals surface area contributed by atoms with Gasteiger partial charge < -0.3 is 8.99 Å².